The van der Waals surface area contributed by atoms with Gasteiger partial charge < -0.3 is 40.1 Å². The molecule has 2 bridgehead atoms. The molecule has 2 saturated heterocycles. The molecule has 5 rings (SSSR count). The Hall–Kier alpha value is -1.40. The molecule has 4 fully saturated rings. The Morgan fingerprint density at radius 3 is 2.47 bits per heavy atom. The highest BCUT2D eigenvalue weighted by Gasteiger charge is 2.89. The van der Waals surface area contributed by atoms with E-state index in [-0.39, 0.29) is 13.0 Å². The van der Waals surface area contributed by atoms with Gasteiger partial charge in [0.2, 0.25) is 0 Å². The molecule has 0 aromatic rings. The molecule has 0 aromatic heterocycles. The fourth-order valence-electron chi connectivity index (χ4n) is 7.64. The van der Waals surface area contributed by atoms with E-state index in [1.54, 1.807) is 13.8 Å². The number of carbonyl (C=O) groups is 2. The lowest BCUT2D eigenvalue weighted by atomic mass is 9.36. The maximum Gasteiger partial charge on any atom is 0.338 e. The highest BCUT2D eigenvalue weighted by Crippen LogP contribution is 2.73. The van der Waals surface area contributed by atoms with Crippen LogP contribution in [0.1, 0.15) is 20.3 Å². The smallest absolute Gasteiger partial charge is 0.338 e. The summed E-state index contributed by atoms with van der Waals surface area (Å²) < 4.78 is 11.2. The highest BCUT2D eigenvalue weighted by molar-refractivity contribution is 5.96. The van der Waals surface area contributed by atoms with Crippen molar-refractivity contribution in [1.29, 1.82) is 0 Å². The van der Waals surface area contributed by atoms with Crippen molar-refractivity contribution in [2.75, 3.05) is 13.2 Å². The van der Waals surface area contributed by atoms with Gasteiger partial charge in [-0.2, -0.15) is 0 Å². The van der Waals surface area contributed by atoms with E-state index < -0.39 is 82.7 Å². The number of ether oxygens (including phenoxy) is 2. The van der Waals surface area contributed by atoms with Crippen LogP contribution in [0.5, 0.6) is 0 Å². The molecule has 3 aliphatic carbocycles. The number of ketones is 1. The number of carbonyl (C=O) groups excluding carboxylic acids is 2. The van der Waals surface area contributed by atoms with Crippen molar-refractivity contribution < 1.29 is 49.7 Å². The van der Waals surface area contributed by atoms with Crippen LogP contribution < -0.4 is 0 Å². The maximum atomic E-state index is 12.6. The van der Waals surface area contributed by atoms with Crippen LogP contribution >= 0.6 is 0 Å². The van der Waals surface area contributed by atoms with Crippen LogP contribution in [0.25, 0.3) is 0 Å². The standard InChI is InChI=1S/C20H26O10/c1-7-3-9(22)13(24)17(2)8(7)4-10-18-6-29-19(5-21,14(25)11(23)12(17)18)20(18,28)15(26)16(27)30-10/h3,8,10-15,21,23-26,28H,4-6H2,1-2H3/t8?,10-,11?,12?,13-,14?,15+,17+,18-,19?,20+/m1/s1. The van der Waals surface area contributed by atoms with Crippen LogP contribution in [0.15, 0.2) is 11.6 Å². The molecule has 5 aliphatic rings. The van der Waals surface area contributed by atoms with Crippen LogP contribution in [-0.4, -0.2) is 97.3 Å². The number of aliphatic hydroxyl groups is 6. The average molecular weight is 426 g/mol. The third kappa shape index (κ3) is 1.72. The third-order valence-electron chi connectivity index (χ3n) is 8.96. The predicted octanol–water partition coefficient (Wildman–Crippen LogP) is -2.98. The second-order valence-corrected chi connectivity index (χ2v) is 9.73. The summed E-state index contributed by atoms with van der Waals surface area (Å²) in [5.74, 6) is -3.40. The van der Waals surface area contributed by atoms with E-state index in [4.69, 9.17) is 9.47 Å². The van der Waals surface area contributed by atoms with E-state index in [1.165, 1.54) is 6.08 Å². The van der Waals surface area contributed by atoms with Gasteiger partial charge >= 0.3 is 5.97 Å². The first-order valence-corrected chi connectivity index (χ1v) is 10.1. The summed E-state index contributed by atoms with van der Waals surface area (Å²) in [6.45, 7) is 1.96. The summed E-state index contributed by atoms with van der Waals surface area (Å²) in [6.07, 6.45) is -6.90. The van der Waals surface area contributed by atoms with E-state index in [0.29, 0.717) is 5.57 Å². The molecule has 30 heavy (non-hydrogen) atoms. The van der Waals surface area contributed by atoms with Crippen LogP contribution in [0, 0.1) is 22.7 Å². The Kier molecular flexibility index (Phi) is 3.89. The van der Waals surface area contributed by atoms with E-state index >= 15 is 0 Å². The SMILES string of the molecule is CC1=CC(=O)[C@@H](O)[C@@]2(C)C1C[C@H]1OC(=O)[C@H](O)[C@@]3(O)C4(CO)OC[C@]13C2C(O)C4O. The zero-order chi connectivity index (χ0) is 22.0. The van der Waals surface area contributed by atoms with Gasteiger partial charge in [-0.1, -0.05) is 12.5 Å². The van der Waals surface area contributed by atoms with Gasteiger partial charge in [-0.25, -0.2) is 4.79 Å². The Morgan fingerprint density at radius 2 is 1.83 bits per heavy atom. The molecule has 10 nitrogen and oxygen atoms in total. The second-order valence-electron chi connectivity index (χ2n) is 9.73. The topological polar surface area (TPSA) is 174 Å². The molecule has 5 unspecified atom stereocenters. The summed E-state index contributed by atoms with van der Waals surface area (Å²) in [4.78, 5) is 25.1. The molecule has 2 heterocycles. The summed E-state index contributed by atoms with van der Waals surface area (Å²) in [5.41, 5.74) is -7.15. The Morgan fingerprint density at radius 1 is 1.17 bits per heavy atom. The summed E-state index contributed by atoms with van der Waals surface area (Å²) in [7, 11) is 0. The van der Waals surface area contributed by atoms with Crippen molar-refractivity contribution in [2.45, 2.75) is 62.0 Å². The zero-order valence-electron chi connectivity index (χ0n) is 16.6. The van der Waals surface area contributed by atoms with E-state index in [2.05, 4.69) is 0 Å². The molecule has 2 aliphatic heterocycles. The van der Waals surface area contributed by atoms with E-state index in [1.807, 2.05) is 0 Å². The predicted molar refractivity (Wildman–Crippen MR) is 95.5 cm³/mol. The lowest BCUT2D eigenvalue weighted by Crippen LogP contribution is -2.87. The molecule has 2 saturated carbocycles. The lowest BCUT2D eigenvalue weighted by molar-refractivity contribution is -0.357. The van der Waals surface area contributed by atoms with Crippen LogP contribution in [0.2, 0.25) is 0 Å². The first-order chi connectivity index (χ1) is 13.9. The van der Waals surface area contributed by atoms with Gasteiger partial charge in [-0.15, -0.1) is 0 Å². The first kappa shape index (κ1) is 20.5. The fraction of sp³-hybridized carbons (Fsp3) is 0.800. The molecular formula is C20H26O10. The van der Waals surface area contributed by atoms with Gasteiger partial charge in [0, 0.05) is 11.3 Å². The molecule has 11 atom stereocenters. The summed E-state index contributed by atoms with van der Waals surface area (Å²) >= 11 is 0. The van der Waals surface area contributed by atoms with Gasteiger partial charge in [-0.3, -0.25) is 4.79 Å². The molecule has 6 N–H and O–H groups in total. The number of esters is 1. The first-order valence-electron chi connectivity index (χ1n) is 10.1. The Labute approximate surface area is 171 Å². The molecule has 10 heteroatoms. The minimum Gasteiger partial charge on any atom is -0.460 e. The minimum atomic E-state index is -2.51. The monoisotopic (exact) mass is 426 g/mol. The van der Waals surface area contributed by atoms with Crippen molar-refractivity contribution >= 4 is 11.8 Å². The quantitative estimate of drug-likeness (QED) is 0.237. The van der Waals surface area contributed by atoms with Crippen molar-refractivity contribution in [3.8, 4) is 0 Å². The van der Waals surface area contributed by atoms with Crippen molar-refractivity contribution in [1.82, 2.24) is 0 Å². The number of aliphatic hydroxyl groups excluding tert-OH is 5. The van der Waals surface area contributed by atoms with Gasteiger partial charge in [0.1, 0.15) is 23.9 Å². The average Bonchev–Trinajstić information content (AvgIpc) is 2.91. The van der Waals surface area contributed by atoms with Crippen LogP contribution in [-0.2, 0) is 19.1 Å². The molecule has 0 amide bonds. The van der Waals surface area contributed by atoms with Crippen molar-refractivity contribution in [2.24, 2.45) is 22.7 Å². The largest absolute Gasteiger partial charge is 0.460 e. The van der Waals surface area contributed by atoms with Gasteiger partial charge in [-0.05, 0) is 25.3 Å². The highest BCUT2D eigenvalue weighted by atomic mass is 16.6. The minimum absolute atomic E-state index is 0.105. The Balaban J connectivity index is 1.83. The second kappa shape index (κ2) is 5.69. The van der Waals surface area contributed by atoms with Crippen LogP contribution in [0.3, 0.4) is 0 Å². The van der Waals surface area contributed by atoms with Gasteiger partial charge in [0.05, 0.1) is 24.7 Å². The summed E-state index contributed by atoms with van der Waals surface area (Å²) in [6, 6.07) is 0. The van der Waals surface area contributed by atoms with Gasteiger partial charge in [0.25, 0.3) is 0 Å². The van der Waals surface area contributed by atoms with E-state index in [0.717, 1.165) is 0 Å². The molecule has 0 radical (unpaired) electrons. The Bertz CT molecular complexity index is 872. The third-order valence-corrected chi connectivity index (χ3v) is 8.96. The van der Waals surface area contributed by atoms with Crippen molar-refractivity contribution in [3.05, 3.63) is 11.6 Å². The van der Waals surface area contributed by atoms with Gasteiger partial charge in [0.15, 0.2) is 17.5 Å². The molecule has 166 valence electrons. The van der Waals surface area contributed by atoms with E-state index in [9.17, 15) is 40.2 Å². The van der Waals surface area contributed by atoms with Crippen molar-refractivity contribution in [3.63, 3.8) is 0 Å². The molecular weight excluding hydrogens is 400 g/mol. The number of hydrogen-bond donors (Lipinski definition) is 6. The number of fused-ring (bicyclic) bond motifs is 2. The van der Waals surface area contributed by atoms with Crippen LogP contribution in [0.4, 0.5) is 0 Å². The molecule has 0 aromatic carbocycles. The fourth-order valence-corrected chi connectivity index (χ4v) is 7.64. The normalized spacial score (nSPS) is 59.2. The number of hydrogen-bond acceptors (Lipinski definition) is 10. The molecule has 1 spiro atoms. The summed E-state index contributed by atoms with van der Waals surface area (Å²) in [5, 5.41) is 66.0. The maximum absolute atomic E-state index is 12.6. The lowest BCUT2D eigenvalue weighted by Gasteiger charge is -2.70. The zero-order valence-corrected chi connectivity index (χ0v) is 16.6. The number of rotatable bonds is 1. The number of allylic oxidation sites excluding steroid dienone is 1.